The fourth-order valence-electron chi connectivity index (χ4n) is 6.06. The molecule has 11 nitrogen and oxygen atoms in total. The molecule has 1 aromatic carbocycles. The normalized spacial score (nSPS) is 26.6. The van der Waals surface area contributed by atoms with E-state index < -0.39 is 48.1 Å². The molecule has 0 spiro atoms. The summed E-state index contributed by atoms with van der Waals surface area (Å²) in [5.74, 6) is -3.48. The highest BCUT2D eigenvalue weighted by Crippen LogP contribution is 2.49. The molecular formula is C27H29N5O6. The summed E-state index contributed by atoms with van der Waals surface area (Å²) in [5, 5.41) is 49.3. The highest BCUT2D eigenvalue weighted by molar-refractivity contribution is 6.05. The maximum Gasteiger partial charge on any atom is 0.307 e. The van der Waals surface area contributed by atoms with E-state index in [9.17, 15) is 30.2 Å². The number of nitriles is 1. The number of aliphatic hydroxyl groups excluding tert-OH is 2. The summed E-state index contributed by atoms with van der Waals surface area (Å²) in [6.45, 7) is -0.557. The molecule has 3 aromatic rings. The minimum atomic E-state index is -2.00. The van der Waals surface area contributed by atoms with Gasteiger partial charge in [0.1, 0.15) is 24.0 Å². The van der Waals surface area contributed by atoms with Crippen LogP contribution < -0.4 is 5.32 Å². The number of aliphatic carboxylic acids is 1. The second kappa shape index (κ2) is 10.5. The predicted molar refractivity (Wildman–Crippen MR) is 134 cm³/mol. The molecule has 2 aliphatic rings. The summed E-state index contributed by atoms with van der Waals surface area (Å²) in [7, 11) is 0. The zero-order valence-corrected chi connectivity index (χ0v) is 20.6. The van der Waals surface area contributed by atoms with Crippen LogP contribution in [0.25, 0.3) is 5.52 Å². The van der Waals surface area contributed by atoms with Gasteiger partial charge in [-0.15, -0.1) is 0 Å². The molecule has 2 aromatic heterocycles. The van der Waals surface area contributed by atoms with E-state index >= 15 is 0 Å². The van der Waals surface area contributed by atoms with Gasteiger partial charge in [-0.25, -0.2) is 9.50 Å². The molecule has 1 saturated heterocycles. The van der Waals surface area contributed by atoms with Crippen molar-refractivity contribution in [2.75, 3.05) is 11.9 Å². The minimum absolute atomic E-state index is 0.147. The van der Waals surface area contributed by atoms with Crippen LogP contribution in [-0.2, 0) is 15.1 Å². The van der Waals surface area contributed by atoms with Gasteiger partial charge in [0.25, 0.3) is 5.91 Å². The SMILES string of the molecule is N#C[C@@]1(c2ccc3c(NC(=O)c4ccccc4)ncnn23)OC(CO)[C@@H](C(C(=O)O)C2CCCCC2)[C@H]1O. The number of carbonyl (C=O) groups excluding carboxylic acids is 1. The van der Waals surface area contributed by atoms with E-state index in [2.05, 4.69) is 21.5 Å². The monoisotopic (exact) mass is 519 g/mol. The van der Waals surface area contributed by atoms with E-state index in [1.807, 2.05) is 0 Å². The molecule has 0 radical (unpaired) electrons. The van der Waals surface area contributed by atoms with E-state index in [1.165, 1.54) is 16.9 Å². The molecule has 2 unspecified atom stereocenters. The Balaban J connectivity index is 1.53. The maximum absolute atomic E-state index is 12.7. The van der Waals surface area contributed by atoms with Gasteiger partial charge in [0.2, 0.25) is 5.60 Å². The Kier molecular flexibility index (Phi) is 7.12. The molecular weight excluding hydrogens is 490 g/mol. The smallest absolute Gasteiger partial charge is 0.307 e. The van der Waals surface area contributed by atoms with E-state index in [0.29, 0.717) is 23.9 Å². The highest BCUT2D eigenvalue weighted by Gasteiger charge is 2.61. The Morgan fingerprint density at radius 1 is 1.18 bits per heavy atom. The van der Waals surface area contributed by atoms with Crippen molar-refractivity contribution in [2.24, 2.45) is 17.8 Å². The first kappa shape index (κ1) is 25.8. The van der Waals surface area contributed by atoms with Gasteiger partial charge in [0.05, 0.1) is 24.3 Å². The third-order valence-corrected chi connectivity index (χ3v) is 7.85. The molecule has 5 atom stereocenters. The molecule has 11 heteroatoms. The Labute approximate surface area is 218 Å². The van der Waals surface area contributed by atoms with Crippen molar-refractivity contribution in [2.45, 2.75) is 49.9 Å². The van der Waals surface area contributed by atoms with Gasteiger partial charge in [-0.05, 0) is 43.0 Å². The lowest BCUT2D eigenvalue weighted by molar-refractivity contribution is -0.149. The number of anilines is 1. The van der Waals surface area contributed by atoms with E-state index in [0.717, 1.165) is 19.3 Å². The van der Waals surface area contributed by atoms with Crippen molar-refractivity contribution in [3.63, 3.8) is 0 Å². The van der Waals surface area contributed by atoms with Crippen LogP contribution in [0.2, 0.25) is 0 Å². The largest absolute Gasteiger partial charge is 0.481 e. The lowest BCUT2D eigenvalue weighted by Crippen LogP contribution is -2.45. The first-order valence-corrected chi connectivity index (χ1v) is 12.7. The number of amides is 1. The minimum Gasteiger partial charge on any atom is -0.481 e. The number of carboxylic acids is 1. The molecule has 0 bridgehead atoms. The van der Waals surface area contributed by atoms with Crippen LogP contribution in [0.5, 0.6) is 0 Å². The number of rotatable bonds is 7. The zero-order chi connectivity index (χ0) is 26.9. The maximum atomic E-state index is 12.7. The molecule has 5 rings (SSSR count). The van der Waals surface area contributed by atoms with Crippen LogP contribution in [0.1, 0.15) is 48.2 Å². The average Bonchev–Trinajstić information content (AvgIpc) is 3.50. The summed E-state index contributed by atoms with van der Waals surface area (Å²) >= 11 is 0. The van der Waals surface area contributed by atoms with E-state index in [4.69, 9.17) is 4.74 Å². The van der Waals surface area contributed by atoms with E-state index in [1.54, 1.807) is 36.4 Å². The number of carboxylic acid groups (broad SMARTS) is 1. The first-order valence-electron chi connectivity index (χ1n) is 12.7. The standard InChI is InChI=1S/C27H29N5O6/c28-14-27(23(34)22(19(13-33)38-27)21(26(36)37)16-7-3-1-4-8-16)20-12-11-18-24(29-15-30-32(18)20)31-25(35)17-9-5-2-6-10-17/h2,5-6,9-12,15-16,19,21-23,33-34H,1,3-4,7-8,13H2,(H,36,37)(H,29,30,31,35)/t19?,21?,22-,23+,27-/m0/s1. The Bertz CT molecular complexity index is 1370. The van der Waals surface area contributed by atoms with Crippen LogP contribution in [0.4, 0.5) is 5.82 Å². The van der Waals surface area contributed by atoms with Crippen molar-refractivity contribution in [1.82, 2.24) is 14.6 Å². The summed E-state index contributed by atoms with van der Waals surface area (Å²) < 4.78 is 7.38. The highest BCUT2D eigenvalue weighted by atomic mass is 16.5. The Morgan fingerprint density at radius 2 is 1.92 bits per heavy atom. The number of ether oxygens (including phenoxy) is 1. The van der Waals surface area contributed by atoms with Gasteiger partial charge in [0.15, 0.2) is 5.82 Å². The van der Waals surface area contributed by atoms with Crippen molar-refractivity contribution in [3.8, 4) is 6.07 Å². The summed E-state index contributed by atoms with van der Waals surface area (Å²) in [4.78, 5) is 29.4. The third kappa shape index (κ3) is 4.30. The van der Waals surface area contributed by atoms with E-state index in [-0.39, 0.29) is 17.4 Å². The molecule has 1 saturated carbocycles. The lowest BCUT2D eigenvalue weighted by Gasteiger charge is -2.34. The molecule has 3 heterocycles. The molecule has 1 amide bonds. The number of nitrogens with zero attached hydrogens (tertiary/aromatic N) is 4. The molecule has 1 aliphatic heterocycles. The fraction of sp³-hybridized carbons (Fsp3) is 0.444. The third-order valence-electron chi connectivity index (χ3n) is 7.85. The second-order valence-electron chi connectivity index (χ2n) is 9.92. The average molecular weight is 520 g/mol. The van der Waals surface area contributed by atoms with Crippen LogP contribution in [-0.4, -0.2) is 60.6 Å². The summed E-state index contributed by atoms with van der Waals surface area (Å²) in [5.41, 5.74) is -1.07. The van der Waals surface area contributed by atoms with Crippen molar-refractivity contribution >= 4 is 23.2 Å². The fourth-order valence-corrected chi connectivity index (χ4v) is 6.06. The second-order valence-corrected chi connectivity index (χ2v) is 9.92. The van der Waals surface area contributed by atoms with Gasteiger partial charge in [0, 0.05) is 11.5 Å². The first-order chi connectivity index (χ1) is 18.4. The van der Waals surface area contributed by atoms with Gasteiger partial charge in [-0.2, -0.15) is 10.4 Å². The molecule has 4 N–H and O–H groups in total. The van der Waals surface area contributed by atoms with Gasteiger partial charge in [-0.1, -0.05) is 37.5 Å². The number of carbonyl (C=O) groups is 2. The molecule has 2 fully saturated rings. The predicted octanol–water partition coefficient (Wildman–Crippen LogP) is 2.35. The summed E-state index contributed by atoms with van der Waals surface area (Å²) in [6, 6.07) is 13.8. The van der Waals surface area contributed by atoms with Gasteiger partial charge in [-0.3, -0.25) is 9.59 Å². The number of hydrogen-bond donors (Lipinski definition) is 4. The number of benzene rings is 1. The van der Waals surface area contributed by atoms with Crippen molar-refractivity contribution in [3.05, 3.63) is 60.0 Å². The Hall–Kier alpha value is -3.85. The number of hydrogen-bond acceptors (Lipinski definition) is 8. The molecule has 1 aliphatic carbocycles. The summed E-state index contributed by atoms with van der Waals surface area (Å²) in [6.07, 6.45) is 2.78. The Morgan fingerprint density at radius 3 is 2.58 bits per heavy atom. The van der Waals surface area contributed by atoms with Crippen LogP contribution in [0.3, 0.4) is 0 Å². The topological polar surface area (TPSA) is 170 Å². The quantitative estimate of drug-likeness (QED) is 0.366. The molecule has 38 heavy (non-hydrogen) atoms. The van der Waals surface area contributed by atoms with Crippen LogP contribution in [0, 0.1) is 29.1 Å². The van der Waals surface area contributed by atoms with Crippen molar-refractivity contribution < 1.29 is 29.6 Å². The van der Waals surface area contributed by atoms with Crippen LogP contribution >= 0.6 is 0 Å². The van der Waals surface area contributed by atoms with Gasteiger partial charge >= 0.3 is 5.97 Å². The van der Waals surface area contributed by atoms with Crippen molar-refractivity contribution in [1.29, 1.82) is 5.26 Å². The number of nitrogens with one attached hydrogen (secondary N) is 1. The lowest BCUT2D eigenvalue weighted by atomic mass is 9.69. The zero-order valence-electron chi connectivity index (χ0n) is 20.6. The molecule has 198 valence electrons. The number of aromatic nitrogens is 3. The number of aliphatic hydroxyl groups is 2. The number of fused-ring (bicyclic) bond motifs is 1. The van der Waals surface area contributed by atoms with Crippen LogP contribution in [0.15, 0.2) is 48.8 Å². The van der Waals surface area contributed by atoms with Gasteiger partial charge < -0.3 is 25.4 Å².